The number of nitrogens with one attached hydrogen (secondary N) is 1. The topological polar surface area (TPSA) is 64.0 Å². The molecule has 0 aliphatic rings. The minimum Gasteiger partial charge on any atom is -0.314 e. The molecular formula is C12H17N3O2S. The van der Waals surface area contributed by atoms with E-state index in [-0.39, 0.29) is 5.75 Å². The van der Waals surface area contributed by atoms with Gasteiger partial charge in [-0.05, 0) is 13.1 Å². The fourth-order valence-corrected chi connectivity index (χ4v) is 2.42. The predicted molar refractivity (Wildman–Crippen MR) is 72.2 cm³/mol. The molecule has 1 aromatic carbocycles. The van der Waals surface area contributed by atoms with Gasteiger partial charge >= 0.3 is 0 Å². The summed E-state index contributed by atoms with van der Waals surface area (Å²) in [5.41, 5.74) is 1.92. The third-order valence-electron chi connectivity index (χ3n) is 2.75. The monoisotopic (exact) mass is 267 g/mol. The van der Waals surface area contributed by atoms with Gasteiger partial charge in [0.1, 0.15) is 9.84 Å². The summed E-state index contributed by atoms with van der Waals surface area (Å²) in [5, 5.41) is 8.61. The molecule has 0 amide bonds. The number of para-hydroxylation sites is 1. The molecule has 0 fully saturated rings. The molecule has 18 heavy (non-hydrogen) atoms. The molecule has 0 unspecified atom stereocenters. The van der Waals surface area contributed by atoms with Gasteiger partial charge < -0.3 is 5.32 Å². The van der Waals surface area contributed by atoms with Crippen molar-refractivity contribution in [3.8, 4) is 0 Å². The van der Waals surface area contributed by atoms with Crippen LogP contribution in [0.25, 0.3) is 10.9 Å². The summed E-state index contributed by atoms with van der Waals surface area (Å²) in [4.78, 5) is 0. The van der Waals surface area contributed by atoms with E-state index in [0.717, 1.165) is 16.6 Å². The summed E-state index contributed by atoms with van der Waals surface area (Å²) in [6, 6.07) is 7.86. The number of hydrogen-bond donors (Lipinski definition) is 1. The number of aryl methyl sites for hydroxylation is 1. The van der Waals surface area contributed by atoms with Gasteiger partial charge in [-0.3, -0.25) is 4.68 Å². The van der Waals surface area contributed by atoms with Crippen molar-refractivity contribution in [3.05, 3.63) is 30.0 Å². The van der Waals surface area contributed by atoms with Crippen LogP contribution in [0.5, 0.6) is 0 Å². The van der Waals surface area contributed by atoms with Gasteiger partial charge in [-0.15, -0.1) is 0 Å². The van der Waals surface area contributed by atoms with Crippen LogP contribution in [0.4, 0.5) is 0 Å². The molecule has 1 aromatic heterocycles. The van der Waals surface area contributed by atoms with Crippen molar-refractivity contribution in [1.29, 1.82) is 0 Å². The molecule has 1 N–H and O–H groups in total. The molecule has 0 spiro atoms. The van der Waals surface area contributed by atoms with E-state index in [0.29, 0.717) is 13.1 Å². The Morgan fingerprint density at radius 2 is 2.06 bits per heavy atom. The summed E-state index contributed by atoms with van der Waals surface area (Å²) in [5.74, 6) is 0.109. The van der Waals surface area contributed by atoms with Gasteiger partial charge in [-0.1, -0.05) is 18.2 Å². The number of benzene rings is 1. The van der Waals surface area contributed by atoms with Crippen molar-refractivity contribution >= 4 is 20.7 Å². The van der Waals surface area contributed by atoms with Crippen LogP contribution >= 0.6 is 0 Å². The van der Waals surface area contributed by atoms with Crippen LogP contribution in [-0.2, 0) is 22.9 Å². The molecular weight excluding hydrogens is 250 g/mol. The lowest BCUT2D eigenvalue weighted by Gasteiger charge is -2.01. The Balaban J connectivity index is 2.38. The first-order valence-corrected chi connectivity index (χ1v) is 7.84. The van der Waals surface area contributed by atoms with Crippen LogP contribution in [0, 0.1) is 0 Å². The minimum atomic E-state index is -2.97. The first-order chi connectivity index (χ1) is 8.51. The molecule has 5 nitrogen and oxygen atoms in total. The molecule has 0 atom stereocenters. The lowest BCUT2D eigenvalue weighted by atomic mass is 10.2. The van der Waals surface area contributed by atoms with E-state index in [1.54, 1.807) is 4.68 Å². The van der Waals surface area contributed by atoms with Crippen LogP contribution in [-0.4, -0.2) is 37.3 Å². The van der Waals surface area contributed by atoms with Crippen LogP contribution < -0.4 is 5.32 Å². The normalized spacial score (nSPS) is 12.1. The van der Waals surface area contributed by atoms with E-state index < -0.39 is 9.84 Å². The molecule has 0 aliphatic carbocycles. The summed E-state index contributed by atoms with van der Waals surface area (Å²) in [7, 11) is -1.11. The molecule has 0 saturated heterocycles. The highest BCUT2D eigenvalue weighted by Crippen LogP contribution is 2.18. The highest BCUT2D eigenvalue weighted by Gasteiger charge is 2.10. The highest BCUT2D eigenvalue weighted by atomic mass is 32.2. The third-order valence-corrected chi connectivity index (χ3v) is 3.68. The number of sulfone groups is 1. The Hall–Kier alpha value is -1.40. The minimum absolute atomic E-state index is 0.109. The van der Waals surface area contributed by atoms with Gasteiger partial charge in [0.05, 0.1) is 23.5 Å². The first kappa shape index (κ1) is 13.0. The smallest absolute Gasteiger partial charge is 0.149 e. The molecule has 0 aliphatic heterocycles. The SMILES string of the molecule is CNCc1nn(CCS(C)(=O)=O)c2ccccc12. The molecule has 98 valence electrons. The molecule has 0 bridgehead atoms. The number of rotatable bonds is 5. The fourth-order valence-electron chi connectivity index (χ4n) is 1.92. The second kappa shape index (κ2) is 5.07. The second-order valence-corrected chi connectivity index (χ2v) is 6.61. The number of nitrogens with zero attached hydrogens (tertiary/aromatic N) is 2. The largest absolute Gasteiger partial charge is 0.314 e. The molecule has 2 aromatic rings. The summed E-state index contributed by atoms with van der Waals surface area (Å²) in [6.45, 7) is 1.06. The molecule has 1 heterocycles. The van der Waals surface area contributed by atoms with E-state index in [2.05, 4.69) is 10.4 Å². The van der Waals surface area contributed by atoms with E-state index >= 15 is 0 Å². The number of fused-ring (bicyclic) bond motifs is 1. The van der Waals surface area contributed by atoms with Crippen LogP contribution in [0.3, 0.4) is 0 Å². The molecule has 6 heteroatoms. The van der Waals surface area contributed by atoms with Gasteiger partial charge in [-0.25, -0.2) is 8.42 Å². The van der Waals surface area contributed by atoms with Gasteiger partial charge in [0.2, 0.25) is 0 Å². The average molecular weight is 267 g/mol. The third kappa shape index (κ3) is 2.88. The van der Waals surface area contributed by atoms with Crippen LogP contribution in [0.2, 0.25) is 0 Å². The van der Waals surface area contributed by atoms with Crippen molar-refractivity contribution in [1.82, 2.24) is 15.1 Å². The second-order valence-electron chi connectivity index (χ2n) is 4.35. The van der Waals surface area contributed by atoms with Crippen molar-refractivity contribution < 1.29 is 8.42 Å². The predicted octanol–water partition coefficient (Wildman–Crippen LogP) is 0.800. The van der Waals surface area contributed by atoms with Gasteiger partial charge in [0.25, 0.3) is 0 Å². The van der Waals surface area contributed by atoms with Crippen molar-refractivity contribution in [2.45, 2.75) is 13.1 Å². The maximum Gasteiger partial charge on any atom is 0.149 e. The average Bonchev–Trinajstić information content (AvgIpc) is 2.65. The fraction of sp³-hybridized carbons (Fsp3) is 0.417. The van der Waals surface area contributed by atoms with E-state index in [1.807, 2.05) is 31.3 Å². The van der Waals surface area contributed by atoms with E-state index in [1.165, 1.54) is 6.26 Å². The maximum absolute atomic E-state index is 11.2. The quantitative estimate of drug-likeness (QED) is 0.870. The Morgan fingerprint density at radius 1 is 1.33 bits per heavy atom. The zero-order valence-corrected chi connectivity index (χ0v) is 11.4. The zero-order chi connectivity index (χ0) is 13.2. The number of aromatic nitrogens is 2. The van der Waals surface area contributed by atoms with E-state index in [9.17, 15) is 8.42 Å². The van der Waals surface area contributed by atoms with E-state index in [4.69, 9.17) is 0 Å². The highest BCUT2D eigenvalue weighted by molar-refractivity contribution is 7.90. The summed E-state index contributed by atoms with van der Waals surface area (Å²) >= 11 is 0. The Labute approximate surface area is 107 Å². The maximum atomic E-state index is 11.2. The Morgan fingerprint density at radius 3 is 2.72 bits per heavy atom. The Bertz CT molecular complexity index is 646. The van der Waals surface area contributed by atoms with Gasteiger partial charge in [-0.2, -0.15) is 5.10 Å². The van der Waals surface area contributed by atoms with Crippen molar-refractivity contribution in [2.24, 2.45) is 0 Å². The van der Waals surface area contributed by atoms with Crippen molar-refractivity contribution in [2.75, 3.05) is 19.1 Å². The summed E-state index contributed by atoms with van der Waals surface area (Å²) in [6.07, 6.45) is 1.24. The lowest BCUT2D eigenvalue weighted by Crippen LogP contribution is -2.13. The Kier molecular flexibility index (Phi) is 3.68. The van der Waals surface area contributed by atoms with Crippen molar-refractivity contribution in [3.63, 3.8) is 0 Å². The standard InChI is InChI=1S/C12H17N3O2S/c1-13-9-11-10-5-3-4-6-12(10)15(14-11)7-8-18(2,16)17/h3-6,13H,7-9H2,1-2H3. The summed E-state index contributed by atoms with van der Waals surface area (Å²) < 4.78 is 24.2. The van der Waals surface area contributed by atoms with Gasteiger partial charge in [0, 0.05) is 18.2 Å². The molecule has 2 rings (SSSR count). The first-order valence-electron chi connectivity index (χ1n) is 5.78. The van der Waals surface area contributed by atoms with Crippen LogP contribution in [0.1, 0.15) is 5.69 Å². The number of hydrogen-bond acceptors (Lipinski definition) is 4. The molecule has 0 saturated carbocycles. The lowest BCUT2D eigenvalue weighted by molar-refractivity contribution is 0.587. The molecule has 0 radical (unpaired) electrons. The zero-order valence-electron chi connectivity index (χ0n) is 10.5. The van der Waals surface area contributed by atoms with Gasteiger partial charge in [0.15, 0.2) is 0 Å². The van der Waals surface area contributed by atoms with Crippen LogP contribution in [0.15, 0.2) is 24.3 Å².